The summed E-state index contributed by atoms with van der Waals surface area (Å²) in [6, 6.07) is 10.5. The molecule has 0 aliphatic heterocycles. The van der Waals surface area contributed by atoms with Crippen LogP contribution in [0.15, 0.2) is 30.3 Å². The van der Waals surface area contributed by atoms with E-state index in [2.05, 4.69) is 50.4 Å². The topological polar surface area (TPSA) is 21.3 Å². The van der Waals surface area contributed by atoms with Crippen molar-refractivity contribution in [1.29, 1.82) is 0 Å². The molecule has 2 rings (SSSR count). The fourth-order valence-electron chi connectivity index (χ4n) is 2.44. The molecule has 0 heterocycles. The molecule has 0 aliphatic carbocycles. The van der Waals surface area contributed by atoms with Crippen LogP contribution < -0.4 is 10.1 Å². The number of methoxy groups -OCH3 is 1. The summed E-state index contributed by atoms with van der Waals surface area (Å²) >= 11 is 6.40. The summed E-state index contributed by atoms with van der Waals surface area (Å²) in [6.45, 7) is 7.98. The predicted molar refractivity (Wildman–Crippen MR) is 90.3 cm³/mol. The number of hydrogen-bond donors (Lipinski definition) is 1. The molecule has 2 aromatic carbocycles. The lowest BCUT2D eigenvalue weighted by molar-refractivity contribution is 0.411. The Hall–Kier alpha value is -1.51. The molecule has 0 amide bonds. The summed E-state index contributed by atoms with van der Waals surface area (Å²) in [5.74, 6) is 0.922. The zero-order valence-corrected chi connectivity index (χ0v) is 13.8. The highest BCUT2D eigenvalue weighted by molar-refractivity contribution is 6.31. The second-order valence-corrected chi connectivity index (χ2v) is 5.63. The van der Waals surface area contributed by atoms with Crippen LogP contribution in [0.2, 0.25) is 5.02 Å². The van der Waals surface area contributed by atoms with E-state index in [1.54, 1.807) is 7.11 Å². The number of halogens is 1. The van der Waals surface area contributed by atoms with Gasteiger partial charge in [0, 0.05) is 11.6 Å². The maximum Gasteiger partial charge on any atom is 0.122 e. The molecular formula is C18H22ClNO. The van der Waals surface area contributed by atoms with Gasteiger partial charge in [0.25, 0.3) is 0 Å². The molecule has 3 heteroatoms. The quantitative estimate of drug-likeness (QED) is 0.861. The molecule has 0 spiro atoms. The van der Waals surface area contributed by atoms with Crippen molar-refractivity contribution in [2.75, 3.05) is 13.7 Å². The molecule has 0 bridgehead atoms. The van der Waals surface area contributed by atoms with Crippen LogP contribution in [-0.2, 0) is 6.54 Å². The zero-order valence-electron chi connectivity index (χ0n) is 13.1. The molecule has 0 aliphatic rings. The minimum absolute atomic E-state index is 0.802. The summed E-state index contributed by atoms with van der Waals surface area (Å²) in [7, 11) is 1.70. The Morgan fingerprint density at radius 2 is 1.86 bits per heavy atom. The van der Waals surface area contributed by atoms with E-state index in [1.165, 1.54) is 11.1 Å². The van der Waals surface area contributed by atoms with Gasteiger partial charge >= 0.3 is 0 Å². The average Bonchev–Trinajstić information content (AvgIpc) is 2.48. The van der Waals surface area contributed by atoms with E-state index in [0.29, 0.717) is 0 Å². The van der Waals surface area contributed by atoms with Gasteiger partial charge in [-0.2, -0.15) is 0 Å². The van der Waals surface area contributed by atoms with E-state index in [0.717, 1.165) is 40.6 Å². The number of nitrogens with one attached hydrogen (secondary N) is 1. The van der Waals surface area contributed by atoms with Crippen LogP contribution in [0.1, 0.15) is 23.6 Å². The highest BCUT2D eigenvalue weighted by Gasteiger charge is 2.09. The van der Waals surface area contributed by atoms with Crippen molar-refractivity contribution >= 4 is 11.6 Å². The average molecular weight is 304 g/mol. The number of benzene rings is 2. The standard InChI is InChI=1S/C18H22ClNO/c1-5-20-11-15-7-6-14(10-17(15)19)16-8-13(3)18(21-4)9-12(16)2/h6-10,20H,5,11H2,1-4H3. The summed E-state index contributed by atoms with van der Waals surface area (Å²) < 4.78 is 5.37. The van der Waals surface area contributed by atoms with Crippen molar-refractivity contribution in [2.45, 2.75) is 27.3 Å². The lowest BCUT2D eigenvalue weighted by atomic mass is 9.97. The molecule has 21 heavy (non-hydrogen) atoms. The molecule has 0 fully saturated rings. The van der Waals surface area contributed by atoms with Crippen molar-refractivity contribution in [3.8, 4) is 16.9 Å². The highest BCUT2D eigenvalue weighted by atomic mass is 35.5. The largest absolute Gasteiger partial charge is 0.496 e. The number of aryl methyl sites for hydroxylation is 2. The fraction of sp³-hybridized carbons (Fsp3) is 0.333. The van der Waals surface area contributed by atoms with Gasteiger partial charge in [0.15, 0.2) is 0 Å². The lowest BCUT2D eigenvalue weighted by Gasteiger charge is -2.13. The highest BCUT2D eigenvalue weighted by Crippen LogP contribution is 2.32. The second kappa shape index (κ2) is 6.97. The summed E-state index contributed by atoms with van der Waals surface area (Å²) in [4.78, 5) is 0. The van der Waals surface area contributed by atoms with Crippen LogP contribution in [0.3, 0.4) is 0 Å². The van der Waals surface area contributed by atoms with Gasteiger partial charge < -0.3 is 10.1 Å². The van der Waals surface area contributed by atoms with Gasteiger partial charge in [0.1, 0.15) is 5.75 Å². The molecule has 0 saturated carbocycles. The first kappa shape index (κ1) is 15.9. The maximum absolute atomic E-state index is 6.40. The molecule has 0 saturated heterocycles. The number of ether oxygens (including phenoxy) is 1. The van der Waals surface area contributed by atoms with E-state index in [9.17, 15) is 0 Å². The van der Waals surface area contributed by atoms with Crippen LogP contribution >= 0.6 is 11.6 Å². The predicted octanol–water partition coefficient (Wildman–Crippen LogP) is 4.74. The minimum atomic E-state index is 0.802. The Morgan fingerprint density at radius 1 is 1.10 bits per heavy atom. The SMILES string of the molecule is CCNCc1ccc(-c2cc(C)c(OC)cc2C)cc1Cl. The van der Waals surface area contributed by atoms with Gasteiger partial charge in [0.05, 0.1) is 7.11 Å². The molecule has 112 valence electrons. The monoisotopic (exact) mass is 303 g/mol. The maximum atomic E-state index is 6.40. The molecule has 2 aromatic rings. The lowest BCUT2D eigenvalue weighted by Crippen LogP contribution is -2.11. The first-order chi connectivity index (χ1) is 10.1. The molecule has 2 nitrogen and oxygen atoms in total. The van der Waals surface area contributed by atoms with Crippen LogP contribution in [0.4, 0.5) is 0 Å². The van der Waals surface area contributed by atoms with Crippen molar-refractivity contribution in [2.24, 2.45) is 0 Å². The van der Waals surface area contributed by atoms with Crippen LogP contribution in [0, 0.1) is 13.8 Å². The van der Waals surface area contributed by atoms with Gasteiger partial charge in [-0.3, -0.25) is 0 Å². The third-order valence-corrected chi connectivity index (χ3v) is 4.02. The van der Waals surface area contributed by atoms with Crippen LogP contribution in [0.5, 0.6) is 5.75 Å². The summed E-state index contributed by atoms with van der Waals surface area (Å²) in [5, 5.41) is 4.11. The van der Waals surface area contributed by atoms with Crippen molar-refractivity contribution in [1.82, 2.24) is 5.32 Å². The van der Waals surface area contributed by atoms with Crippen molar-refractivity contribution < 1.29 is 4.74 Å². The van der Waals surface area contributed by atoms with E-state index in [-0.39, 0.29) is 0 Å². The number of rotatable bonds is 5. The minimum Gasteiger partial charge on any atom is -0.496 e. The van der Waals surface area contributed by atoms with Gasteiger partial charge in [-0.1, -0.05) is 30.7 Å². The van der Waals surface area contributed by atoms with Gasteiger partial charge in [-0.15, -0.1) is 0 Å². The summed E-state index contributed by atoms with van der Waals surface area (Å²) in [5.41, 5.74) is 5.79. The van der Waals surface area contributed by atoms with Gasteiger partial charge in [-0.05, 0) is 66.4 Å². The van der Waals surface area contributed by atoms with E-state index < -0.39 is 0 Å². The third kappa shape index (κ3) is 3.58. The molecule has 1 N–H and O–H groups in total. The fourth-order valence-corrected chi connectivity index (χ4v) is 2.69. The van der Waals surface area contributed by atoms with Crippen LogP contribution in [-0.4, -0.2) is 13.7 Å². The smallest absolute Gasteiger partial charge is 0.122 e. The molecule has 0 atom stereocenters. The summed E-state index contributed by atoms with van der Waals surface area (Å²) in [6.07, 6.45) is 0. The zero-order chi connectivity index (χ0) is 15.4. The molecule has 0 unspecified atom stereocenters. The molecular weight excluding hydrogens is 282 g/mol. The third-order valence-electron chi connectivity index (χ3n) is 3.67. The Kier molecular flexibility index (Phi) is 5.27. The van der Waals surface area contributed by atoms with Gasteiger partial charge in [-0.25, -0.2) is 0 Å². The van der Waals surface area contributed by atoms with Crippen molar-refractivity contribution in [3.63, 3.8) is 0 Å². The van der Waals surface area contributed by atoms with E-state index in [4.69, 9.17) is 16.3 Å². The molecule has 0 aromatic heterocycles. The Balaban J connectivity index is 2.38. The molecule has 0 radical (unpaired) electrons. The van der Waals surface area contributed by atoms with Crippen molar-refractivity contribution in [3.05, 3.63) is 52.0 Å². The Morgan fingerprint density at radius 3 is 2.48 bits per heavy atom. The first-order valence-electron chi connectivity index (χ1n) is 7.21. The van der Waals surface area contributed by atoms with E-state index >= 15 is 0 Å². The second-order valence-electron chi connectivity index (χ2n) is 5.22. The van der Waals surface area contributed by atoms with E-state index in [1.807, 2.05) is 6.07 Å². The van der Waals surface area contributed by atoms with Crippen LogP contribution in [0.25, 0.3) is 11.1 Å². The van der Waals surface area contributed by atoms with Gasteiger partial charge in [0.2, 0.25) is 0 Å². The Bertz CT molecular complexity index is 637. The normalized spacial score (nSPS) is 10.7. The number of hydrogen-bond acceptors (Lipinski definition) is 2. The Labute approximate surface area is 132 Å². The first-order valence-corrected chi connectivity index (χ1v) is 7.59.